The van der Waals surface area contributed by atoms with Crippen LogP contribution in [-0.2, 0) is 20.9 Å². The fraction of sp³-hybridized carbons (Fsp3) is 0.500. The van der Waals surface area contributed by atoms with Crippen LogP contribution in [0.15, 0.2) is 42.5 Å². The van der Waals surface area contributed by atoms with E-state index in [1.165, 1.54) is 0 Å². The van der Waals surface area contributed by atoms with E-state index in [0.29, 0.717) is 19.6 Å². The molecule has 2 rings (SSSR count). The molecular weight excluding hydrogens is 264 g/mol. The van der Waals surface area contributed by atoms with Crippen LogP contribution in [0.2, 0.25) is 0 Å². The second kappa shape index (κ2) is 7.99. The average molecular weight is 288 g/mol. The van der Waals surface area contributed by atoms with Crippen LogP contribution in [0.3, 0.4) is 0 Å². The fourth-order valence-corrected chi connectivity index (χ4v) is 2.43. The third-order valence-corrected chi connectivity index (χ3v) is 3.73. The molecule has 0 aliphatic carbocycles. The predicted molar refractivity (Wildman–Crippen MR) is 82.7 cm³/mol. The highest BCUT2D eigenvalue weighted by atomic mass is 16.5. The Balaban J connectivity index is 1.80. The third-order valence-electron chi connectivity index (χ3n) is 3.73. The van der Waals surface area contributed by atoms with Crippen molar-refractivity contribution in [3.8, 4) is 0 Å². The first kappa shape index (κ1) is 15.8. The summed E-state index contributed by atoms with van der Waals surface area (Å²) in [6.07, 6.45) is 5.37. The van der Waals surface area contributed by atoms with E-state index in [0.717, 1.165) is 12.0 Å². The Bertz CT molecular complexity index is 467. The Morgan fingerprint density at radius 1 is 1.33 bits per heavy atom. The SMILES string of the molecule is C[C@H](COCc1ccccc1)[C@@H]1C/C=C\[C@H](C)CC(=O)O1. The van der Waals surface area contributed by atoms with E-state index < -0.39 is 0 Å². The van der Waals surface area contributed by atoms with Gasteiger partial charge < -0.3 is 9.47 Å². The monoisotopic (exact) mass is 288 g/mol. The summed E-state index contributed by atoms with van der Waals surface area (Å²) in [6.45, 7) is 5.29. The molecule has 0 saturated carbocycles. The molecule has 0 amide bonds. The van der Waals surface area contributed by atoms with Crippen LogP contribution in [-0.4, -0.2) is 18.7 Å². The molecule has 114 valence electrons. The molecule has 0 unspecified atom stereocenters. The van der Waals surface area contributed by atoms with E-state index in [1.807, 2.05) is 37.3 Å². The number of carbonyl (C=O) groups excluding carboxylic acids is 1. The topological polar surface area (TPSA) is 35.5 Å². The summed E-state index contributed by atoms with van der Waals surface area (Å²) in [6, 6.07) is 10.1. The lowest BCUT2D eigenvalue weighted by atomic mass is 9.98. The molecule has 0 radical (unpaired) electrons. The number of ether oxygens (including phenoxy) is 2. The van der Waals surface area contributed by atoms with Crippen LogP contribution in [0, 0.1) is 11.8 Å². The van der Waals surface area contributed by atoms with Gasteiger partial charge in [0.1, 0.15) is 6.10 Å². The number of esters is 1. The Kier molecular flexibility index (Phi) is 6.00. The van der Waals surface area contributed by atoms with Crippen molar-refractivity contribution in [1.82, 2.24) is 0 Å². The van der Waals surface area contributed by atoms with Crippen molar-refractivity contribution < 1.29 is 14.3 Å². The summed E-state index contributed by atoms with van der Waals surface area (Å²) in [5, 5.41) is 0. The molecule has 1 aliphatic rings. The molecule has 3 heteroatoms. The second-order valence-corrected chi connectivity index (χ2v) is 5.85. The quantitative estimate of drug-likeness (QED) is 0.611. The van der Waals surface area contributed by atoms with Gasteiger partial charge in [-0.2, -0.15) is 0 Å². The third kappa shape index (κ3) is 5.35. The largest absolute Gasteiger partial charge is 0.462 e. The number of hydrogen-bond acceptors (Lipinski definition) is 3. The van der Waals surface area contributed by atoms with E-state index in [2.05, 4.69) is 19.1 Å². The number of rotatable bonds is 5. The molecule has 0 fully saturated rings. The van der Waals surface area contributed by atoms with Gasteiger partial charge in [0.05, 0.1) is 19.6 Å². The summed E-state index contributed by atoms with van der Waals surface area (Å²) in [5.41, 5.74) is 1.16. The van der Waals surface area contributed by atoms with Crippen LogP contribution in [0.4, 0.5) is 0 Å². The minimum absolute atomic E-state index is 0.0861. The zero-order valence-electron chi connectivity index (χ0n) is 12.8. The maximum absolute atomic E-state index is 11.8. The lowest BCUT2D eigenvalue weighted by Gasteiger charge is -2.25. The second-order valence-electron chi connectivity index (χ2n) is 5.85. The minimum Gasteiger partial charge on any atom is -0.462 e. The standard InChI is InChI=1S/C18H24O3/c1-14-7-6-10-17(21-18(19)11-14)15(2)12-20-13-16-8-4-3-5-9-16/h3-9,14-15,17H,10-13H2,1-2H3/b7-6-/t14-,15+,17-/m0/s1. The predicted octanol–water partition coefficient (Wildman–Crippen LogP) is 3.74. The van der Waals surface area contributed by atoms with Gasteiger partial charge in [-0.3, -0.25) is 4.79 Å². The van der Waals surface area contributed by atoms with Gasteiger partial charge in [0.15, 0.2) is 0 Å². The molecule has 21 heavy (non-hydrogen) atoms. The van der Waals surface area contributed by atoms with Crippen LogP contribution in [0.5, 0.6) is 0 Å². The molecule has 0 bridgehead atoms. The smallest absolute Gasteiger partial charge is 0.306 e. The molecule has 1 aromatic rings. The Morgan fingerprint density at radius 2 is 2.10 bits per heavy atom. The lowest BCUT2D eigenvalue weighted by molar-refractivity contribution is -0.153. The summed E-state index contributed by atoms with van der Waals surface area (Å²) in [7, 11) is 0. The number of cyclic esters (lactones) is 1. The molecule has 1 aliphatic heterocycles. The van der Waals surface area contributed by atoms with Gasteiger partial charge in [-0.1, -0.05) is 56.3 Å². The number of allylic oxidation sites excluding steroid dienone is 1. The maximum Gasteiger partial charge on any atom is 0.306 e. The molecular formula is C18H24O3. The summed E-state index contributed by atoms with van der Waals surface area (Å²) in [5.74, 6) is 0.352. The van der Waals surface area contributed by atoms with E-state index in [4.69, 9.17) is 9.47 Å². The van der Waals surface area contributed by atoms with E-state index in [9.17, 15) is 4.79 Å². The van der Waals surface area contributed by atoms with Crippen molar-refractivity contribution >= 4 is 5.97 Å². The van der Waals surface area contributed by atoms with E-state index >= 15 is 0 Å². The maximum atomic E-state index is 11.8. The first-order valence-corrected chi connectivity index (χ1v) is 7.63. The zero-order valence-corrected chi connectivity index (χ0v) is 12.8. The van der Waals surface area contributed by atoms with Crippen LogP contribution >= 0.6 is 0 Å². The summed E-state index contributed by atoms with van der Waals surface area (Å²) < 4.78 is 11.3. The normalized spacial score (nSPS) is 25.5. The highest BCUT2D eigenvalue weighted by Gasteiger charge is 2.23. The first-order chi connectivity index (χ1) is 10.1. The van der Waals surface area contributed by atoms with Gasteiger partial charge >= 0.3 is 5.97 Å². The van der Waals surface area contributed by atoms with Crippen molar-refractivity contribution in [1.29, 1.82) is 0 Å². The lowest BCUT2D eigenvalue weighted by Crippen LogP contribution is -2.29. The van der Waals surface area contributed by atoms with Crippen molar-refractivity contribution in [2.45, 2.75) is 39.4 Å². The Labute approximate surface area is 127 Å². The van der Waals surface area contributed by atoms with E-state index in [-0.39, 0.29) is 23.9 Å². The van der Waals surface area contributed by atoms with Gasteiger partial charge in [0, 0.05) is 12.3 Å². The molecule has 0 aromatic heterocycles. The van der Waals surface area contributed by atoms with Crippen LogP contribution in [0.1, 0.15) is 32.3 Å². The molecule has 3 atom stereocenters. The number of hydrogen-bond donors (Lipinski definition) is 0. The van der Waals surface area contributed by atoms with Gasteiger partial charge in [0.25, 0.3) is 0 Å². The highest BCUT2D eigenvalue weighted by Crippen LogP contribution is 2.19. The van der Waals surface area contributed by atoms with Crippen LogP contribution < -0.4 is 0 Å². The first-order valence-electron chi connectivity index (χ1n) is 7.63. The van der Waals surface area contributed by atoms with Crippen molar-refractivity contribution in [2.24, 2.45) is 11.8 Å². The molecule has 3 nitrogen and oxygen atoms in total. The van der Waals surface area contributed by atoms with Gasteiger partial charge in [0.2, 0.25) is 0 Å². The Hall–Kier alpha value is -1.61. The van der Waals surface area contributed by atoms with Gasteiger partial charge in [-0.25, -0.2) is 0 Å². The highest BCUT2D eigenvalue weighted by molar-refractivity contribution is 5.70. The molecule has 1 aromatic carbocycles. The number of carbonyl (C=O) groups is 1. The van der Waals surface area contributed by atoms with Gasteiger partial charge in [-0.15, -0.1) is 0 Å². The molecule has 0 N–H and O–H groups in total. The van der Waals surface area contributed by atoms with E-state index in [1.54, 1.807) is 0 Å². The molecule has 0 saturated heterocycles. The Morgan fingerprint density at radius 3 is 2.86 bits per heavy atom. The average Bonchev–Trinajstić information content (AvgIpc) is 2.45. The van der Waals surface area contributed by atoms with Crippen molar-refractivity contribution in [2.75, 3.05) is 6.61 Å². The number of benzene rings is 1. The minimum atomic E-state index is -0.105. The summed E-state index contributed by atoms with van der Waals surface area (Å²) >= 11 is 0. The zero-order chi connectivity index (χ0) is 15.1. The molecule has 1 heterocycles. The fourth-order valence-electron chi connectivity index (χ4n) is 2.43. The van der Waals surface area contributed by atoms with Crippen molar-refractivity contribution in [3.05, 3.63) is 48.0 Å². The summed E-state index contributed by atoms with van der Waals surface area (Å²) in [4.78, 5) is 11.8. The van der Waals surface area contributed by atoms with Crippen molar-refractivity contribution in [3.63, 3.8) is 0 Å². The van der Waals surface area contributed by atoms with Crippen LogP contribution in [0.25, 0.3) is 0 Å². The molecule has 0 spiro atoms. The van der Waals surface area contributed by atoms with Gasteiger partial charge in [-0.05, 0) is 11.5 Å².